The van der Waals surface area contributed by atoms with Crippen LogP contribution in [0.4, 0.5) is 0 Å². The molecule has 0 unspecified atom stereocenters. The van der Waals surface area contributed by atoms with Crippen molar-refractivity contribution in [3.8, 4) is 0 Å². The Bertz CT molecular complexity index is 2570. The molecule has 5 heterocycles. The van der Waals surface area contributed by atoms with Crippen molar-refractivity contribution in [1.29, 1.82) is 0 Å². The summed E-state index contributed by atoms with van der Waals surface area (Å²) < 4.78 is 43.6. The Morgan fingerprint density at radius 3 is 1.67 bits per heavy atom. The van der Waals surface area contributed by atoms with Crippen LogP contribution in [0.5, 0.6) is 0 Å². The number of carbonyl (C=O) groups is 8. The summed E-state index contributed by atoms with van der Waals surface area (Å²) in [4.78, 5) is 115. The summed E-state index contributed by atoms with van der Waals surface area (Å²) in [6, 6.07) is 0. The predicted molar refractivity (Wildman–Crippen MR) is 236 cm³/mol. The molecule has 0 saturated heterocycles. The van der Waals surface area contributed by atoms with Gasteiger partial charge in [0.1, 0.15) is 0 Å². The van der Waals surface area contributed by atoms with E-state index in [1.807, 2.05) is 0 Å². The summed E-state index contributed by atoms with van der Waals surface area (Å²) in [7, 11) is 8.81. The highest BCUT2D eigenvalue weighted by Gasteiger charge is 2.36. The minimum atomic E-state index is -1.12. The van der Waals surface area contributed by atoms with E-state index >= 15 is 0 Å². The van der Waals surface area contributed by atoms with Crippen LogP contribution in [0, 0.1) is 0 Å². The topological polar surface area (TPSA) is 273 Å². The van der Waals surface area contributed by atoms with E-state index in [0.717, 1.165) is 0 Å². The Morgan fingerprint density at radius 2 is 1.09 bits per heavy atom. The van der Waals surface area contributed by atoms with E-state index in [0.29, 0.717) is 84.4 Å². The molecule has 0 spiro atoms. The molecule has 2 aromatic heterocycles. The molecule has 0 aliphatic carbocycles. The van der Waals surface area contributed by atoms with Gasteiger partial charge in [0, 0.05) is 82.9 Å². The monoisotopic (exact) mass is 1090 g/mol. The molecule has 1 atom stereocenters. The molecule has 5 N–H and O–H groups in total. The van der Waals surface area contributed by atoms with Crippen LogP contribution in [-0.4, -0.2) is 119 Å². The van der Waals surface area contributed by atoms with Gasteiger partial charge >= 0.3 is 41.8 Å². The number of halogens is 2. The van der Waals surface area contributed by atoms with Crippen molar-refractivity contribution >= 4 is 71.8 Å². The van der Waals surface area contributed by atoms with Crippen molar-refractivity contribution in [2.75, 3.05) is 49.8 Å². The van der Waals surface area contributed by atoms with Gasteiger partial charge in [-0.25, -0.2) is 9.98 Å². The minimum Gasteiger partial charge on any atom is -1.00 e. The van der Waals surface area contributed by atoms with E-state index in [1.165, 1.54) is 49.8 Å². The first kappa shape index (κ1) is 55.2. The minimum absolute atomic E-state index is 0. The number of fused-ring (bicyclic) bond motifs is 1. The van der Waals surface area contributed by atoms with Crippen molar-refractivity contribution < 1.29 is 117 Å². The van der Waals surface area contributed by atoms with E-state index in [1.54, 1.807) is 18.4 Å². The third kappa shape index (κ3) is 14.8. The van der Waals surface area contributed by atoms with Crippen LogP contribution < -0.4 is 49.3 Å². The number of hydrogen-bond donors (Lipinski definition) is 5. The maximum Gasteiger partial charge on any atom is 0.310 e. The quantitative estimate of drug-likeness (QED) is 0.0543. The number of methoxy groups -OCH3 is 7. The van der Waals surface area contributed by atoms with Crippen molar-refractivity contribution in [3.05, 3.63) is 78.7 Å². The van der Waals surface area contributed by atoms with Crippen molar-refractivity contribution in [1.82, 2.24) is 15.3 Å². The second-order valence-electron chi connectivity index (χ2n) is 15.5. The second-order valence-corrected chi connectivity index (χ2v) is 15.5. The SMILES string of the molecule is [2H][C@@H]1NC(=O)Cc2c1[nH]c(/C=C1\[NH+]=C(Cc3[nH]c(/C=C4\[NH+]=CC(CCC(=O)OC)=C4CC(=O)OC)c(CCC(=O)OC)c3CC(=O)OC)C(CCC(=O)OC)=C1CC(=O)OC)c2CCC(=O)OC.[Br-].[Br-]. The van der Waals surface area contributed by atoms with Crippen LogP contribution in [0.1, 0.15) is 97.8 Å². The van der Waals surface area contributed by atoms with E-state index < -0.39 is 48.3 Å². The fourth-order valence-electron chi connectivity index (χ4n) is 8.10. The van der Waals surface area contributed by atoms with Gasteiger partial charge in [-0.15, -0.1) is 0 Å². The molecular formula is C47H57Br2N5O15. The first-order valence-electron chi connectivity index (χ1n) is 21.9. The molecule has 0 bridgehead atoms. The van der Waals surface area contributed by atoms with Crippen molar-refractivity contribution in [3.63, 3.8) is 0 Å². The van der Waals surface area contributed by atoms with Gasteiger partial charge in [0.2, 0.25) is 17.3 Å². The highest BCUT2D eigenvalue weighted by molar-refractivity contribution is 6.02. The molecule has 20 nitrogen and oxygen atoms in total. The average molecular weight is 1090 g/mol. The molecule has 0 aromatic carbocycles. The number of rotatable bonds is 22. The Hall–Kier alpha value is -6.42. The summed E-state index contributed by atoms with van der Waals surface area (Å²) in [6.07, 6.45) is 4.84. The predicted octanol–water partition coefficient (Wildman–Crippen LogP) is -6.30. The van der Waals surface area contributed by atoms with Crippen LogP contribution in [-0.2, 0) is 110 Å². The number of esters is 7. The lowest BCUT2D eigenvalue weighted by molar-refractivity contribution is -0.387. The molecule has 69 heavy (non-hydrogen) atoms. The molecule has 2 aromatic rings. The molecule has 3 aliphatic rings. The average Bonchev–Trinajstić information content (AvgIpc) is 4.06. The van der Waals surface area contributed by atoms with Crippen LogP contribution in [0.3, 0.4) is 0 Å². The second kappa shape index (κ2) is 26.9. The smallest absolute Gasteiger partial charge is 0.310 e. The van der Waals surface area contributed by atoms with Crippen LogP contribution in [0.15, 0.2) is 33.7 Å². The number of ether oxygens (including phenoxy) is 7. The van der Waals surface area contributed by atoms with E-state index in [9.17, 15) is 38.4 Å². The third-order valence-electron chi connectivity index (χ3n) is 11.6. The summed E-state index contributed by atoms with van der Waals surface area (Å²) in [5, 5.41) is 2.60. The molecule has 0 radical (unpaired) electrons. The zero-order chi connectivity index (χ0) is 49.7. The molecule has 0 saturated carbocycles. The number of aromatic amines is 2. The number of amides is 1. The molecule has 3 aliphatic heterocycles. The lowest BCUT2D eigenvalue weighted by atomic mass is 9.92. The fraction of sp³-hybridized carbons (Fsp3) is 0.447. The van der Waals surface area contributed by atoms with E-state index in [4.69, 9.17) is 34.5 Å². The van der Waals surface area contributed by atoms with Gasteiger partial charge < -0.3 is 82.4 Å². The van der Waals surface area contributed by atoms with Gasteiger partial charge in [-0.1, -0.05) is 0 Å². The Balaban J connectivity index is 0.00000648. The maximum absolute atomic E-state index is 13.2. The number of nitrogens with one attached hydrogen (secondary N) is 5. The molecule has 374 valence electrons. The van der Waals surface area contributed by atoms with Gasteiger partial charge in [0.15, 0.2) is 11.9 Å². The van der Waals surface area contributed by atoms with E-state index in [2.05, 4.69) is 25.3 Å². The zero-order valence-electron chi connectivity index (χ0n) is 40.4. The zero-order valence-corrected chi connectivity index (χ0v) is 42.6. The molecule has 1 amide bonds. The van der Waals surface area contributed by atoms with Crippen molar-refractivity contribution in [2.45, 2.75) is 90.0 Å². The van der Waals surface area contributed by atoms with Crippen molar-refractivity contribution in [2.24, 2.45) is 0 Å². The maximum atomic E-state index is 13.2. The number of allylic oxidation sites excluding steroid dienone is 4. The lowest BCUT2D eigenvalue weighted by Gasteiger charge is -2.13. The Labute approximate surface area is 420 Å². The summed E-state index contributed by atoms with van der Waals surface area (Å²) >= 11 is 0. The van der Waals surface area contributed by atoms with Gasteiger partial charge in [-0.3, -0.25) is 38.4 Å². The van der Waals surface area contributed by atoms with Crippen LogP contribution in [0.25, 0.3) is 12.2 Å². The highest BCUT2D eigenvalue weighted by Crippen LogP contribution is 2.33. The van der Waals surface area contributed by atoms with Gasteiger partial charge in [-0.2, -0.15) is 0 Å². The van der Waals surface area contributed by atoms with Crippen LogP contribution in [0.2, 0.25) is 0 Å². The largest absolute Gasteiger partial charge is 1.00 e. The first-order valence-corrected chi connectivity index (χ1v) is 21.3. The molecule has 0 fully saturated rings. The number of aromatic nitrogens is 2. The molecule has 22 heteroatoms. The molecule has 5 rings (SSSR count). The first-order chi connectivity index (χ1) is 32.6. The number of carbonyl (C=O) groups excluding carboxylic acids is 8. The standard InChI is InChI=1S/C47H55N5O15.2BrH/c1-61-41(54)12-8-25-23-48-33(29(25)17-45(58)65-5)20-34-27(10-14-43(56)63-3)31(18-46(59)66-6)37(50-34)21-35-28(11-15-44(57)64-4)32(19-47(60)67-7)38(51-35)22-36-26(9-13-42(55)62-2)30-16-40(53)49-24-39(30)52-36;;/h20,22-23,50,52H,8-19,21,24H2,1-7H3,(H,49,53);2*1H/b33-20-,38-22-;;/i24D;;/t24-;;/m0../s1. The summed E-state index contributed by atoms with van der Waals surface area (Å²) in [5.74, 6) is -4.08. The van der Waals surface area contributed by atoms with Gasteiger partial charge in [0.05, 0.1) is 89.8 Å². The van der Waals surface area contributed by atoms with Crippen LogP contribution >= 0.6 is 0 Å². The number of hydrogen-bond acceptors (Lipinski definition) is 15. The third-order valence-corrected chi connectivity index (χ3v) is 11.6. The summed E-state index contributed by atoms with van der Waals surface area (Å²) in [6.45, 7) is -1.12. The highest BCUT2D eigenvalue weighted by atomic mass is 79.9. The van der Waals surface area contributed by atoms with Gasteiger partial charge in [0.25, 0.3) is 0 Å². The lowest BCUT2D eigenvalue weighted by Crippen LogP contribution is -3.00. The number of H-pyrrole nitrogens is 2. The molecular weight excluding hydrogens is 1030 g/mol. The Morgan fingerprint density at radius 1 is 0.594 bits per heavy atom. The van der Waals surface area contributed by atoms with Gasteiger partial charge in [-0.05, 0) is 47.9 Å². The van der Waals surface area contributed by atoms with E-state index in [-0.39, 0.29) is 123 Å². The fourth-order valence-corrected chi connectivity index (χ4v) is 8.10. The Kier molecular flexibility index (Phi) is 21.5. The normalized spacial score (nSPS) is 16.2. The summed E-state index contributed by atoms with van der Waals surface area (Å²) in [5.41, 5.74) is 7.62.